The maximum Gasteiger partial charge on any atom is 0.333 e. The molecule has 2 saturated heterocycles. The van der Waals surface area contributed by atoms with E-state index in [-0.39, 0.29) is 6.61 Å². The maximum atomic E-state index is 11.1. The minimum atomic E-state index is -4.20. The first-order chi connectivity index (χ1) is 10.3. The highest BCUT2D eigenvalue weighted by molar-refractivity contribution is 7.84. The van der Waals surface area contributed by atoms with Gasteiger partial charge in [0.05, 0.1) is 6.61 Å². The Hall–Kier alpha value is -0.330. The molecule has 0 aromatic carbocycles. The third-order valence-electron chi connectivity index (χ3n) is 4.38. The van der Waals surface area contributed by atoms with E-state index in [1.165, 1.54) is 0 Å². The van der Waals surface area contributed by atoms with Crippen LogP contribution < -0.4 is 5.14 Å². The van der Waals surface area contributed by atoms with Crippen molar-refractivity contribution in [1.82, 2.24) is 0 Å². The lowest BCUT2D eigenvalue weighted by molar-refractivity contribution is -0.307. The van der Waals surface area contributed by atoms with Crippen molar-refractivity contribution in [1.29, 1.82) is 0 Å². The van der Waals surface area contributed by atoms with Gasteiger partial charge in [-0.2, -0.15) is 8.42 Å². The SMILES string of the molecule is NS(=O)(=O)OC[C@@]12OC[C@@H](O)[C@@H](O)[C@@H]1OC1(CCCCC1)O2. The van der Waals surface area contributed by atoms with Gasteiger partial charge in [0.25, 0.3) is 0 Å². The van der Waals surface area contributed by atoms with E-state index in [0.717, 1.165) is 19.3 Å². The molecule has 0 amide bonds. The van der Waals surface area contributed by atoms with Crippen LogP contribution in [0.3, 0.4) is 0 Å². The molecule has 1 spiro atoms. The lowest BCUT2D eigenvalue weighted by Crippen LogP contribution is -2.61. The van der Waals surface area contributed by atoms with Gasteiger partial charge >= 0.3 is 10.3 Å². The van der Waals surface area contributed by atoms with Crippen molar-refractivity contribution >= 4 is 10.3 Å². The number of rotatable bonds is 3. The molecule has 0 aromatic heterocycles. The summed E-state index contributed by atoms with van der Waals surface area (Å²) in [6, 6.07) is 0. The van der Waals surface area contributed by atoms with Gasteiger partial charge in [0.1, 0.15) is 24.9 Å². The molecule has 22 heavy (non-hydrogen) atoms. The maximum absolute atomic E-state index is 11.1. The fraction of sp³-hybridized carbons (Fsp3) is 1.00. The summed E-state index contributed by atoms with van der Waals surface area (Å²) >= 11 is 0. The van der Waals surface area contributed by atoms with Crippen LogP contribution in [0.4, 0.5) is 0 Å². The molecule has 0 radical (unpaired) electrons. The van der Waals surface area contributed by atoms with Crippen LogP contribution in [0.2, 0.25) is 0 Å². The number of hydrogen-bond donors (Lipinski definition) is 3. The van der Waals surface area contributed by atoms with Gasteiger partial charge in [0.2, 0.25) is 5.79 Å². The number of hydrogen-bond acceptors (Lipinski definition) is 8. The minimum absolute atomic E-state index is 0.217. The van der Waals surface area contributed by atoms with E-state index in [9.17, 15) is 18.6 Å². The Labute approximate surface area is 128 Å². The van der Waals surface area contributed by atoms with Crippen molar-refractivity contribution < 1.29 is 37.0 Å². The highest BCUT2D eigenvalue weighted by atomic mass is 32.2. The van der Waals surface area contributed by atoms with Crippen molar-refractivity contribution in [2.24, 2.45) is 5.14 Å². The first kappa shape index (κ1) is 16.5. The second-order valence-corrected chi connectivity index (χ2v) is 7.27. The van der Waals surface area contributed by atoms with Crippen LogP contribution >= 0.6 is 0 Å². The second kappa shape index (κ2) is 5.64. The summed E-state index contributed by atoms with van der Waals surface area (Å²) in [6.45, 7) is -0.757. The molecule has 10 heteroatoms. The van der Waals surface area contributed by atoms with Crippen LogP contribution in [0.15, 0.2) is 0 Å². The predicted octanol–water partition coefficient (Wildman–Crippen LogP) is -1.27. The number of aliphatic hydroxyl groups excluding tert-OH is 2. The largest absolute Gasteiger partial charge is 0.388 e. The fourth-order valence-electron chi connectivity index (χ4n) is 3.31. The summed E-state index contributed by atoms with van der Waals surface area (Å²) in [5.74, 6) is -2.54. The Kier molecular flexibility index (Phi) is 4.23. The van der Waals surface area contributed by atoms with Gasteiger partial charge in [0.15, 0.2) is 5.79 Å². The highest BCUT2D eigenvalue weighted by Gasteiger charge is 2.64. The van der Waals surface area contributed by atoms with Crippen LogP contribution in [0, 0.1) is 0 Å². The van der Waals surface area contributed by atoms with Crippen molar-refractivity contribution in [2.45, 2.75) is 62.0 Å². The Morgan fingerprint density at radius 3 is 2.55 bits per heavy atom. The molecule has 0 aromatic rings. The third kappa shape index (κ3) is 3.02. The Morgan fingerprint density at radius 1 is 1.23 bits per heavy atom. The van der Waals surface area contributed by atoms with E-state index in [0.29, 0.717) is 12.8 Å². The van der Waals surface area contributed by atoms with E-state index in [4.69, 9.17) is 19.3 Å². The monoisotopic (exact) mass is 339 g/mol. The van der Waals surface area contributed by atoms with Gasteiger partial charge in [0, 0.05) is 12.8 Å². The van der Waals surface area contributed by atoms with Gasteiger partial charge in [-0.05, 0) is 12.8 Å². The smallest absolute Gasteiger partial charge is 0.333 e. The van der Waals surface area contributed by atoms with E-state index >= 15 is 0 Å². The summed E-state index contributed by atoms with van der Waals surface area (Å²) < 4.78 is 44.0. The first-order valence-electron chi connectivity index (χ1n) is 7.31. The fourth-order valence-corrected chi connectivity index (χ4v) is 3.64. The molecular formula is C12H21NO8S. The highest BCUT2D eigenvalue weighted by Crippen LogP contribution is 2.48. The van der Waals surface area contributed by atoms with Crippen molar-refractivity contribution in [3.05, 3.63) is 0 Å². The molecule has 3 aliphatic rings. The zero-order valence-corrected chi connectivity index (χ0v) is 12.8. The summed E-state index contributed by atoms with van der Waals surface area (Å²) in [6.07, 6.45) is 0.575. The molecule has 1 saturated carbocycles. The molecule has 3 rings (SSSR count). The predicted molar refractivity (Wildman–Crippen MR) is 71.5 cm³/mol. The quantitative estimate of drug-likeness (QED) is 0.579. The molecular weight excluding hydrogens is 318 g/mol. The van der Waals surface area contributed by atoms with Crippen LogP contribution in [-0.4, -0.2) is 61.7 Å². The third-order valence-corrected chi connectivity index (χ3v) is 4.82. The van der Waals surface area contributed by atoms with Crippen molar-refractivity contribution in [2.75, 3.05) is 13.2 Å². The standard InChI is InChI=1S/C12H21NO8S/c13-22(16,17)19-7-12-10(9(15)8(14)6-18-12)20-11(21-12)4-2-1-3-5-11/h8-10,14-15H,1-7H2,(H2,13,16,17)/t8-,9-,10+,12+/m1/s1. The van der Waals surface area contributed by atoms with Crippen LogP contribution in [-0.2, 0) is 28.7 Å². The summed E-state index contributed by atoms with van der Waals surface area (Å²) in [5, 5.41) is 24.8. The van der Waals surface area contributed by atoms with E-state index in [2.05, 4.69) is 4.18 Å². The van der Waals surface area contributed by atoms with Crippen molar-refractivity contribution in [3.63, 3.8) is 0 Å². The molecule has 128 valence electrons. The molecule has 1 aliphatic carbocycles. The van der Waals surface area contributed by atoms with Gasteiger partial charge in [-0.3, -0.25) is 4.18 Å². The second-order valence-electron chi connectivity index (χ2n) is 6.05. The van der Waals surface area contributed by atoms with Gasteiger partial charge in [-0.15, -0.1) is 0 Å². The van der Waals surface area contributed by atoms with Crippen LogP contribution in [0.1, 0.15) is 32.1 Å². The molecule has 3 fully saturated rings. The zero-order chi connectivity index (χ0) is 16.0. The molecule has 4 atom stereocenters. The van der Waals surface area contributed by atoms with Crippen molar-refractivity contribution in [3.8, 4) is 0 Å². The molecule has 2 aliphatic heterocycles. The average molecular weight is 339 g/mol. The molecule has 0 bridgehead atoms. The topological polar surface area (TPSA) is 138 Å². The Bertz CT molecular complexity index is 519. The zero-order valence-electron chi connectivity index (χ0n) is 12.0. The molecule has 2 heterocycles. The van der Waals surface area contributed by atoms with Gasteiger partial charge in [-0.1, -0.05) is 6.42 Å². The van der Waals surface area contributed by atoms with Gasteiger partial charge in [-0.25, -0.2) is 5.14 Å². The average Bonchev–Trinajstić information content (AvgIpc) is 2.77. The number of fused-ring (bicyclic) bond motifs is 1. The van der Waals surface area contributed by atoms with E-state index < -0.39 is 46.8 Å². The summed E-state index contributed by atoms with van der Waals surface area (Å²) in [7, 11) is -4.20. The molecule has 0 unspecified atom stereocenters. The summed E-state index contributed by atoms with van der Waals surface area (Å²) in [4.78, 5) is 0. The number of nitrogens with two attached hydrogens (primary N) is 1. The first-order valence-corrected chi connectivity index (χ1v) is 8.78. The molecule has 9 nitrogen and oxygen atoms in total. The Balaban J connectivity index is 1.85. The van der Waals surface area contributed by atoms with E-state index in [1.54, 1.807) is 0 Å². The number of aliphatic hydroxyl groups is 2. The summed E-state index contributed by atoms with van der Waals surface area (Å²) in [5.41, 5.74) is 0. The normalized spacial score (nSPS) is 41.5. The van der Waals surface area contributed by atoms with Gasteiger partial charge < -0.3 is 24.4 Å². The Morgan fingerprint density at radius 2 is 1.91 bits per heavy atom. The van der Waals surface area contributed by atoms with Crippen LogP contribution in [0.25, 0.3) is 0 Å². The molecule has 4 N–H and O–H groups in total. The lowest BCUT2D eigenvalue weighted by atomic mass is 9.94. The van der Waals surface area contributed by atoms with E-state index in [1.807, 2.05) is 0 Å². The number of ether oxygens (including phenoxy) is 3. The van der Waals surface area contributed by atoms with Crippen LogP contribution in [0.5, 0.6) is 0 Å². The minimum Gasteiger partial charge on any atom is -0.388 e. The lowest BCUT2D eigenvalue weighted by Gasteiger charge is -2.40.